The summed E-state index contributed by atoms with van der Waals surface area (Å²) in [4.78, 5) is 8.77. The second-order valence-corrected chi connectivity index (χ2v) is 2.37. The third-order valence-corrected chi connectivity index (χ3v) is 0.943. The molecule has 0 unspecified atom stereocenters. The maximum Gasteiger partial charge on any atom is 0.401 e. The molecular formula is C4H6Cl2O2. The van der Waals surface area contributed by atoms with E-state index in [2.05, 4.69) is 11.6 Å². The lowest BCUT2D eigenvalue weighted by molar-refractivity contribution is 0.220. The Morgan fingerprint density at radius 1 is 1.62 bits per heavy atom. The Morgan fingerprint density at radius 2 is 1.75 bits per heavy atom. The van der Waals surface area contributed by atoms with Gasteiger partial charge < -0.3 is 5.11 Å². The summed E-state index contributed by atoms with van der Waals surface area (Å²) < 4.78 is 0. The Morgan fingerprint density at radius 3 is 1.75 bits per heavy atom. The molecule has 0 amide bonds. The van der Waals surface area contributed by atoms with Crippen LogP contribution < -0.4 is 0 Å². The van der Waals surface area contributed by atoms with Gasteiger partial charge in [-0.15, -0.1) is 11.6 Å². The Hall–Kier alpha value is 0.0500. The van der Waals surface area contributed by atoms with Gasteiger partial charge in [0.05, 0.1) is 0 Å². The summed E-state index contributed by atoms with van der Waals surface area (Å²) >= 11 is 9.58. The normalized spacial score (nSPS) is 16.2. The Balaban J connectivity index is 0.000000122. The second-order valence-electron chi connectivity index (χ2n) is 1.43. The minimum absolute atomic E-state index is 0.556. The van der Waals surface area contributed by atoms with E-state index in [9.17, 15) is 0 Å². The number of hydrogen-bond donors (Lipinski definition) is 1. The van der Waals surface area contributed by atoms with E-state index in [4.69, 9.17) is 21.5 Å². The fraction of sp³-hybridized carbons (Fsp3) is 0.750. The summed E-state index contributed by atoms with van der Waals surface area (Å²) in [7, 11) is 0. The SMILES string of the molecule is ClC1CC1.O=C(O)Cl. The first-order chi connectivity index (χ1) is 3.63. The van der Waals surface area contributed by atoms with Crippen molar-refractivity contribution in [3.63, 3.8) is 0 Å². The lowest BCUT2D eigenvalue weighted by atomic mass is 11.0. The van der Waals surface area contributed by atoms with Crippen molar-refractivity contribution in [1.82, 2.24) is 0 Å². The largest absolute Gasteiger partial charge is 0.469 e. The van der Waals surface area contributed by atoms with Gasteiger partial charge >= 0.3 is 5.43 Å². The van der Waals surface area contributed by atoms with Crippen LogP contribution in [0.15, 0.2) is 0 Å². The van der Waals surface area contributed by atoms with Crippen LogP contribution in [0.5, 0.6) is 0 Å². The molecule has 1 N–H and O–H groups in total. The van der Waals surface area contributed by atoms with Crippen molar-refractivity contribution in [2.75, 3.05) is 0 Å². The van der Waals surface area contributed by atoms with Crippen LogP contribution in [-0.2, 0) is 0 Å². The van der Waals surface area contributed by atoms with Gasteiger partial charge in [0.1, 0.15) is 0 Å². The van der Waals surface area contributed by atoms with Gasteiger partial charge in [-0.25, -0.2) is 4.79 Å². The summed E-state index contributed by atoms with van der Waals surface area (Å²) in [6.07, 6.45) is 2.50. The molecule has 0 spiro atoms. The van der Waals surface area contributed by atoms with Gasteiger partial charge in [0, 0.05) is 17.0 Å². The molecule has 4 heteroatoms. The molecule has 48 valence electrons. The Kier molecular flexibility index (Phi) is 4.01. The minimum atomic E-state index is -1.36. The van der Waals surface area contributed by atoms with Gasteiger partial charge in [-0.05, 0) is 12.8 Å². The third-order valence-electron chi connectivity index (χ3n) is 0.507. The molecular weight excluding hydrogens is 151 g/mol. The zero-order valence-corrected chi connectivity index (χ0v) is 5.61. The fourth-order valence-electron chi connectivity index (χ4n) is 0.0630. The van der Waals surface area contributed by atoms with Crippen molar-refractivity contribution in [3.05, 3.63) is 0 Å². The number of halogens is 2. The molecule has 1 aliphatic rings. The third kappa shape index (κ3) is 16.6. The van der Waals surface area contributed by atoms with Crippen molar-refractivity contribution >= 4 is 28.6 Å². The molecule has 0 aromatic heterocycles. The number of rotatable bonds is 0. The first kappa shape index (κ1) is 8.05. The van der Waals surface area contributed by atoms with Crippen LogP contribution in [0.3, 0.4) is 0 Å². The predicted octanol–water partition coefficient (Wildman–Crippen LogP) is 2.29. The highest BCUT2D eigenvalue weighted by molar-refractivity contribution is 6.60. The molecule has 2 nitrogen and oxygen atoms in total. The van der Waals surface area contributed by atoms with Crippen LogP contribution in [-0.4, -0.2) is 15.9 Å². The quantitative estimate of drug-likeness (QED) is 0.432. The van der Waals surface area contributed by atoms with Crippen LogP contribution in [0.25, 0.3) is 0 Å². The van der Waals surface area contributed by atoms with E-state index in [-0.39, 0.29) is 0 Å². The standard InChI is InChI=1S/C3H5Cl.CHClO2/c4-3-1-2-3;2-1(3)4/h3H,1-2H2;(H,3,4). The molecule has 8 heavy (non-hydrogen) atoms. The molecule has 0 aromatic carbocycles. The van der Waals surface area contributed by atoms with Gasteiger partial charge in [0.25, 0.3) is 0 Å². The summed E-state index contributed by atoms with van der Waals surface area (Å²) in [6.45, 7) is 0. The van der Waals surface area contributed by atoms with Crippen LogP contribution in [0.2, 0.25) is 0 Å². The molecule has 1 fully saturated rings. The number of hydrogen-bond acceptors (Lipinski definition) is 1. The zero-order chi connectivity index (χ0) is 6.57. The van der Waals surface area contributed by atoms with Crippen molar-refractivity contribution in [2.45, 2.75) is 18.2 Å². The lowest BCUT2D eigenvalue weighted by Gasteiger charge is -1.55. The van der Waals surface area contributed by atoms with Crippen LogP contribution >= 0.6 is 23.2 Å². The summed E-state index contributed by atoms with van der Waals surface area (Å²) in [5.41, 5.74) is -1.36. The van der Waals surface area contributed by atoms with E-state index < -0.39 is 5.43 Å². The van der Waals surface area contributed by atoms with Crippen LogP contribution in [0, 0.1) is 0 Å². The first-order valence-corrected chi connectivity index (χ1v) is 2.97. The molecule has 1 saturated carbocycles. The molecule has 0 saturated heterocycles. The van der Waals surface area contributed by atoms with Gasteiger partial charge in [-0.3, -0.25) is 0 Å². The molecule has 0 radical (unpaired) electrons. The van der Waals surface area contributed by atoms with Crippen molar-refractivity contribution < 1.29 is 9.90 Å². The number of carbonyl (C=O) groups is 1. The number of carboxylic acid groups (broad SMARTS) is 1. The summed E-state index contributed by atoms with van der Waals surface area (Å²) in [5.74, 6) is 0. The molecule has 1 rings (SSSR count). The average molecular weight is 157 g/mol. The molecule has 0 aliphatic heterocycles. The maximum absolute atomic E-state index is 8.77. The maximum atomic E-state index is 8.77. The molecule has 0 heterocycles. The van der Waals surface area contributed by atoms with E-state index in [1.54, 1.807) is 0 Å². The van der Waals surface area contributed by atoms with E-state index in [0.717, 1.165) is 0 Å². The predicted molar refractivity (Wildman–Crippen MR) is 32.8 cm³/mol. The van der Waals surface area contributed by atoms with E-state index in [1.807, 2.05) is 0 Å². The van der Waals surface area contributed by atoms with Gasteiger partial charge in [-0.2, -0.15) is 0 Å². The topological polar surface area (TPSA) is 37.3 Å². The highest BCUT2D eigenvalue weighted by Crippen LogP contribution is 2.25. The highest BCUT2D eigenvalue weighted by atomic mass is 35.5. The van der Waals surface area contributed by atoms with Gasteiger partial charge in [0.2, 0.25) is 0 Å². The van der Waals surface area contributed by atoms with Crippen LogP contribution in [0.4, 0.5) is 4.79 Å². The van der Waals surface area contributed by atoms with Gasteiger partial charge in [0.15, 0.2) is 0 Å². The van der Waals surface area contributed by atoms with Crippen molar-refractivity contribution in [1.29, 1.82) is 0 Å². The molecule has 1 aliphatic carbocycles. The first-order valence-electron chi connectivity index (χ1n) is 2.15. The minimum Gasteiger partial charge on any atom is -0.469 e. The summed E-state index contributed by atoms with van der Waals surface area (Å²) in [6, 6.07) is 0. The molecule has 0 atom stereocenters. The smallest absolute Gasteiger partial charge is 0.401 e. The fourth-order valence-corrected chi connectivity index (χ4v) is 0.189. The van der Waals surface area contributed by atoms with Crippen LogP contribution in [0.1, 0.15) is 12.8 Å². The van der Waals surface area contributed by atoms with E-state index in [1.165, 1.54) is 12.8 Å². The second kappa shape index (κ2) is 3.98. The van der Waals surface area contributed by atoms with Crippen molar-refractivity contribution in [3.8, 4) is 0 Å². The lowest BCUT2D eigenvalue weighted by Crippen LogP contribution is -1.66. The molecule has 0 bridgehead atoms. The highest BCUT2D eigenvalue weighted by Gasteiger charge is 2.15. The van der Waals surface area contributed by atoms with Crippen molar-refractivity contribution in [2.24, 2.45) is 0 Å². The Labute approximate surface area is 57.4 Å². The molecule has 0 aromatic rings. The van der Waals surface area contributed by atoms with E-state index in [0.29, 0.717) is 5.38 Å². The summed E-state index contributed by atoms with van der Waals surface area (Å²) in [5, 5.41) is 7.74. The van der Waals surface area contributed by atoms with E-state index >= 15 is 0 Å². The Bertz CT molecular complexity index is 76.1. The van der Waals surface area contributed by atoms with Gasteiger partial charge in [-0.1, -0.05) is 0 Å². The average Bonchev–Trinajstić information content (AvgIpc) is 2.19. The zero-order valence-electron chi connectivity index (χ0n) is 4.10. The number of alkyl halides is 1. The monoisotopic (exact) mass is 156 g/mol.